The summed E-state index contributed by atoms with van der Waals surface area (Å²) < 4.78 is 5.46. The first kappa shape index (κ1) is 24.0. The summed E-state index contributed by atoms with van der Waals surface area (Å²) in [6.07, 6.45) is 0.695. The number of carbonyl (C=O) groups is 2. The van der Waals surface area contributed by atoms with E-state index in [1.807, 2.05) is 26.0 Å². The number of nitrogens with one attached hydrogen (secondary N) is 2. The standard InChI is InChI=1S/C22H22Cl2N4O3S/c1-3-13(2)19(25-18(29)12-31-17-9-7-15(23)8-10-17)20(30)26-22-28-27-21(32-22)14-5-4-6-16(24)11-14/h4-11,13,19H,3,12H2,1-2H3,(H,25,29)(H,26,28,30). The minimum absolute atomic E-state index is 0.102. The Morgan fingerprint density at radius 1 is 1.09 bits per heavy atom. The molecule has 0 saturated heterocycles. The van der Waals surface area contributed by atoms with Crippen molar-refractivity contribution in [2.45, 2.75) is 26.3 Å². The molecule has 7 nitrogen and oxygen atoms in total. The summed E-state index contributed by atoms with van der Waals surface area (Å²) in [4.78, 5) is 25.3. The molecule has 10 heteroatoms. The van der Waals surface area contributed by atoms with Crippen molar-refractivity contribution in [2.75, 3.05) is 11.9 Å². The third kappa shape index (κ3) is 6.66. The topological polar surface area (TPSA) is 93.2 Å². The third-order valence-electron chi connectivity index (χ3n) is 4.72. The fourth-order valence-electron chi connectivity index (χ4n) is 2.79. The molecule has 32 heavy (non-hydrogen) atoms. The highest BCUT2D eigenvalue weighted by atomic mass is 35.5. The quantitative estimate of drug-likeness (QED) is 0.435. The van der Waals surface area contributed by atoms with Gasteiger partial charge in [-0.25, -0.2) is 0 Å². The number of benzene rings is 2. The smallest absolute Gasteiger partial charge is 0.258 e. The predicted molar refractivity (Wildman–Crippen MR) is 127 cm³/mol. The number of anilines is 1. The van der Waals surface area contributed by atoms with Crippen molar-refractivity contribution in [1.29, 1.82) is 0 Å². The van der Waals surface area contributed by atoms with Gasteiger partial charge in [0.15, 0.2) is 6.61 Å². The second kappa shape index (κ2) is 11.3. The second-order valence-electron chi connectivity index (χ2n) is 7.09. The van der Waals surface area contributed by atoms with E-state index in [9.17, 15) is 9.59 Å². The normalized spacial score (nSPS) is 12.6. The number of carbonyl (C=O) groups excluding carboxylic acids is 2. The molecule has 3 aromatic rings. The highest BCUT2D eigenvalue weighted by Crippen LogP contribution is 2.28. The third-order valence-corrected chi connectivity index (χ3v) is 6.10. The van der Waals surface area contributed by atoms with Crippen molar-refractivity contribution in [3.05, 3.63) is 58.6 Å². The van der Waals surface area contributed by atoms with E-state index in [4.69, 9.17) is 27.9 Å². The van der Waals surface area contributed by atoms with Crippen molar-refractivity contribution < 1.29 is 14.3 Å². The number of halogens is 2. The first-order valence-corrected chi connectivity index (χ1v) is 11.5. The fraction of sp³-hybridized carbons (Fsp3) is 0.273. The van der Waals surface area contributed by atoms with Crippen LogP contribution in [0.15, 0.2) is 48.5 Å². The zero-order valence-electron chi connectivity index (χ0n) is 17.5. The van der Waals surface area contributed by atoms with E-state index < -0.39 is 11.9 Å². The van der Waals surface area contributed by atoms with Crippen LogP contribution < -0.4 is 15.4 Å². The van der Waals surface area contributed by atoms with E-state index in [2.05, 4.69) is 20.8 Å². The summed E-state index contributed by atoms with van der Waals surface area (Å²) in [5.41, 5.74) is 0.807. The number of rotatable bonds is 9. The van der Waals surface area contributed by atoms with Gasteiger partial charge >= 0.3 is 0 Å². The molecular weight excluding hydrogens is 471 g/mol. The Morgan fingerprint density at radius 2 is 1.84 bits per heavy atom. The molecule has 0 radical (unpaired) electrons. The van der Waals surface area contributed by atoms with Gasteiger partial charge < -0.3 is 10.1 Å². The Labute approximate surface area is 200 Å². The molecule has 1 heterocycles. The molecule has 0 saturated carbocycles. The van der Waals surface area contributed by atoms with Gasteiger partial charge in [0.05, 0.1) is 0 Å². The minimum atomic E-state index is -0.750. The molecule has 1 aromatic heterocycles. The van der Waals surface area contributed by atoms with Crippen LogP contribution in [0.3, 0.4) is 0 Å². The summed E-state index contributed by atoms with van der Waals surface area (Å²) in [5, 5.41) is 15.8. The average molecular weight is 493 g/mol. The maximum Gasteiger partial charge on any atom is 0.258 e. The van der Waals surface area contributed by atoms with E-state index in [1.54, 1.807) is 36.4 Å². The molecule has 2 N–H and O–H groups in total. The van der Waals surface area contributed by atoms with Crippen molar-refractivity contribution in [1.82, 2.24) is 15.5 Å². The maximum atomic E-state index is 12.9. The van der Waals surface area contributed by atoms with Crippen LogP contribution in [0.1, 0.15) is 20.3 Å². The predicted octanol–water partition coefficient (Wildman–Crippen LogP) is 5.06. The highest BCUT2D eigenvalue weighted by Gasteiger charge is 2.27. The van der Waals surface area contributed by atoms with Crippen molar-refractivity contribution in [3.63, 3.8) is 0 Å². The van der Waals surface area contributed by atoms with Crippen LogP contribution in [-0.2, 0) is 9.59 Å². The van der Waals surface area contributed by atoms with Crippen LogP contribution in [-0.4, -0.2) is 34.7 Å². The molecule has 2 atom stereocenters. The number of hydrogen-bond acceptors (Lipinski definition) is 6. The Balaban J connectivity index is 1.62. The van der Waals surface area contributed by atoms with Gasteiger partial charge in [0.1, 0.15) is 16.8 Å². The summed E-state index contributed by atoms with van der Waals surface area (Å²) in [5.74, 6) is -0.364. The van der Waals surface area contributed by atoms with E-state index >= 15 is 0 Å². The minimum Gasteiger partial charge on any atom is -0.484 e. The van der Waals surface area contributed by atoms with E-state index in [-0.39, 0.29) is 18.4 Å². The fourth-order valence-corrected chi connectivity index (χ4v) is 3.85. The molecule has 0 aliphatic rings. The largest absolute Gasteiger partial charge is 0.484 e. The number of hydrogen-bond donors (Lipinski definition) is 2. The van der Waals surface area contributed by atoms with Gasteiger partial charge in [-0.2, -0.15) is 0 Å². The molecule has 168 valence electrons. The number of nitrogens with zero attached hydrogens (tertiary/aromatic N) is 2. The zero-order chi connectivity index (χ0) is 23.1. The molecule has 2 unspecified atom stereocenters. The second-order valence-corrected chi connectivity index (χ2v) is 8.94. The van der Waals surface area contributed by atoms with Crippen LogP contribution in [0.4, 0.5) is 5.13 Å². The van der Waals surface area contributed by atoms with Gasteiger partial charge in [-0.1, -0.05) is 66.9 Å². The molecule has 0 bridgehead atoms. The molecule has 3 rings (SSSR count). The van der Waals surface area contributed by atoms with Crippen molar-refractivity contribution in [3.8, 4) is 16.3 Å². The molecule has 0 fully saturated rings. The van der Waals surface area contributed by atoms with Gasteiger partial charge in [0, 0.05) is 15.6 Å². The van der Waals surface area contributed by atoms with Crippen molar-refractivity contribution in [2.24, 2.45) is 5.92 Å². The van der Waals surface area contributed by atoms with Crippen LogP contribution in [0, 0.1) is 5.92 Å². The zero-order valence-corrected chi connectivity index (χ0v) is 19.8. The van der Waals surface area contributed by atoms with Gasteiger partial charge in [-0.15, -0.1) is 10.2 Å². The van der Waals surface area contributed by atoms with Gasteiger partial charge in [0.25, 0.3) is 5.91 Å². The summed E-state index contributed by atoms with van der Waals surface area (Å²) >= 11 is 13.1. The monoisotopic (exact) mass is 492 g/mol. The first-order chi connectivity index (χ1) is 15.4. The van der Waals surface area contributed by atoms with Gasteiger partial charge in [-0.05, 0) is 42.3 Å². The van der Waals surface area contributed by atoms with E-state index in [0.29, 0.717) is 32.4 Å². The molecule has 0 spiro atoms. The molecule has 2 amide bonds. The Hall–Kier alpha value is -2.68. The molecular formula is C22H22Cl2N4O3S. The number of aromatic nitrogens is 2. The molecule has 0 aliphatic carbocycles. The van der Waals surface area contributed by atoms with Crippen LogP contribution in [0.5, 0.6) is 5.75 Å². The number of ether oxygens (including phenoxy) is 1. The average Bonchev–Trinajstić information content (AvgIpc) is 3.25. The van der Waals surface area contributed by atoms with Crippen LogP contribution >= 0.6 is 34.5 Å². The van der Waals surface area contributed by atoms with Gasteiger partial charge in [-0.3, -0.25) is 14.9 Å². The molecule has 0 aliphatic heterocycles. The highest BCUT2D eigenvalue weighted by molar-refractivity contribution is 7.18. The lowest BCUT2D eigenvalue weighted by molar-refractivity contribution is -0.128. The lowest BCUT2D eigenvalue weighted by Gasteiger charge is -2.23. The summed E-state index contributed by atoms with van der Waals surface area (Å²) in [7, 11) is 0. The van der Waals surface area contributed by atoms with Crippen LogP contribution in [0.2, 0.25) is 10.0 Å². The van der Waals surface area contributed by atoms with E-state index in [1.165, 1.54) is 11.3 Å². The van der Waals surface area contributed by atoms with E-state index in [0.717, 1.165) is 5.56 Å². The Bertz CT molecular complexity index is 1080. The maximum absolute atomic E-state index is 12.9. The first-order valence-electron chi connectivity index (χ1n) is 9.93. The Morgan fingerprint density at radius 3 is 2.53 bits per heavy atom. The Kier molecular flexibility index (Phi) is 8.44. The summed E-state index contributed by atoms with van der Waals surface area (Å²) in [6, 6.07) is 13.1. The lowest BCUT2D eigenvalue weighted by Crippen LogP contribution is -2.49. The lowest BCUT2D eigenvalue weighted by atomic mass is 9.98. The SMILES string of the molecule is CCC(C)C(NC(=O)COc1ccc(Cl)cc1)C(=O)Nc1nnc(-c2cccc(Cl)c2)s1. The summed E-state index contributed by atoms with van der Waals surface area (Å²) in [6.45, 7) is 3.62. The molecule has 2 aromatic carbocycles. The number of amides is 2. The van der Waals surface area contributed by atoms with Crippen LogP contribution in [0.25, 0.3) is 10.6 Å². The van der Waals surface area contributed by atoms with Gasteiger partial charge in [0.2, 0.25) is 11.0 Å². The van der Waals surface area contributed by atoms with Crippen molar-refractivity contribution >= 4 is 51.5 Å².